The van der Waals surface area contributed by atoms with E-state index >= 15 is 0 Å². The van der Waals surface area contributed by atoms with Crippen LogP contribution in [0.4, 0.5) is 26.3 Å². The van der Waals surface area contributed by atoms with Gasteiger partial charge in [-0.25, -0.2) is 4.72 Å². The van der Waals surface area contributed by atoms with Crippen LogP contribution in [-0.4, -0.2) is 46.5 Å². The van der Waals surface area contributed by atoms with Gasteiger partial charge in [-0.15, -0.1) is 0 Å². The van der Waals surface area contributed by atoms with Gasteiger partial charge in [0.1, 0.15) is 0 Å². The Hall–Kier alpha value is -2.69. The van der Waals surface area contributed by atoms with E-state index in [4.69, 9.17) is 4.18 Å². The number of carbonyl (C=O) groups is 1. The van der Waals surface area contributed by atoms with E-state index in [2.05, 4.69) is 0 Å². The summed E-state index contributed by atoms with van der Waals surface area (Å²) in [6, 6.07) is 8.36. The van der Waals surface area contributed by atoms with Crippen LogP contribution in [0.25, 0.3) is 0 Å². The molecule has 3 rings (SSSR count). The van der Waals surface area contributed by atoms with Crippen molar-refractivity contribution in [2.75, 3.05) is 19.4 Å². The zero-order chi connectivity index (χ0) is 30.6. The number of benzene rings is 2. The fourth-order valence-electron chi connectivity index (χ4n) is 4.45. The summed E-state index contributed by atoms with van der Waals surface area (Å²) in [5, 5.41) is 0. The van der Waals surface area contributed by atoms with Gasteiger partial charge in [-0.1, -0.05) is 30.3 Å². The lowest BCUT2D eigenvalue weighted by molar-refractivity contribution is -0.143. The second-order valence-electron chi connectivity index (χ2n) is 9.88. The van der Waals surface area contributed by atoms with Crippen molar-refractivity contribution >= 4 is 26.2 Å². The van der Waals surface area contributed by atoms with Crippen molar-refractivity contribution in [2.45, 2.75) is 44.6 Å². The molecule has 2 aromatic carbocycles. The Bertz CT molecular complexity index is 1390. The number of nitrogens with one attached hydrogen (secondary N) is 1. The molecule has 1 saturated carbocycles. The third kappa shape index (κ3) is 9.97. The van der Waals surface area contributed by atoms with Gasteiger partial charge in [0.15, 0.2) is 0 Å². The highest BCUT2D eigenvalue weighted by molar-refractivity contribution is 7.87. The van der Waals surface area contributed by atoms with E-state index in [1.807, 2.05) is 0 Å². The number of hydrogen-bond acceptors (Lipinski definition) is 6. The Morgan fingerprint density at radius 2 is 1.39 bits per heavy atom. The minimum absolute atomic E-state index is 0.00938. The minimum Gasteiger partial charge on any atom is -0.270 e. The highest BCUT2D eigenvalue weighted by Gasteiger charge is 2.38. The number of nitrogens with zero attached hydrogens (tertiary/aromatic N) is 1. The highest BCUT2D eigenvalue weighted by atomic mass is 32.2. The Labute approximate surface area is 234 Å². The molecule has 0 atom stereocenters. The van der Waals surface area contributed by atoms with Crippen molar-refractivity contribution in [3.05, 3.63) is 70.8 Å². The quantitative estimate of drug-likeness (QED) is 0.293. The largest absolute Gasteiger partial charge is 0.416 e. The summed E-state index contributed by atoms with van der Waals surface area (Å²) in [4.78, 5) is 12.7. The van der Waals surface area contributed by atoms with Crippen molar-refractivity contribution in [2.24, 2.45) is 11.8 Å². The zero-order valence-corrected chi connectivity index (χ0v) is 23.3. The summed E-state index contributed by atoms with van der Waals surface area (Å²) < 4.78 is 136. The number of carbonyl (C=O) groups excluding carboxylic acids is 1. The average Bonchev–Trinajstić information content (AvgIpc) is 2.86. The van der Waals surface area contributed by atoms with Gasteiger partial charge in [-0.3, -0.25) is 8.98 Å². The van der Waals surface area contributed by atoms with E-state index in [0.717, 1.165) is 10.6 Å². The molecule has 1 fully saturated rings. The first-order valence-electron chi connectivity index (χ1n) is 12.3. The summed E-state index contributed by atoms with van der Waals surface area (Å²) in [5.74, 6) is -1.94. The molecular weight excluding hydrogens is 602 g/mol. The molecule has 0 unspecified atom stereocenters. The van der Waals surface area contributed by atoms with E-state index in [-0.39, 0.29) is 49.7 Å². The third-order valence-electron chi connectivity index (χ3n) is 6.56. The van der Waals surface area contributed by atoms with Gasteiger partial charge < -0.3 is 0 Å². The predicted molar refractivity (Wildman–Crippen MR) is 136 cm³/mol. The summed E-state index contributed by atoms with van der Waals surface area (Å²) in [7, 11) is -8.36. The second-order valence-corrected chi connectivity index (χ2v) is 13.2. The molecule has 0 aromatic heterocycles. The molecule has 2 aromatic rings. The van der Waals surface area contributed by atoms with Crippen LogP contribution in [0.1, 0.15) is 52.7 Å². The van der Waals surface area contributed by atoms with E-state index in [9.17, 15) is 48.0 Å². The van der Waals surface area contributed by atoms with Crippen molar-refractivity contribution in [1.29, 1.82) is 0 Å². The Kier molecular flexibility index (Phi) is 10.1. The van der Waals surface area contributed by atoms with E-state index in [0.29, 0.717) is 31.2 Å². The number of amides is 1. The molecule has 0 radical (unpaired) electrons. The monoisotopic (exact) mass is 630 g/mol. The van der Waals surface area contributed by atoms with E-state index in [1.54, 1.807) is 35.1 Å². The maximum atomic E-state index is 13.3. The molecule has 0 saturated heterocycles. The Morgan fingerprint density at radius 1 is 0.878 bits per heavy atom. The van der Waals surface area contributed by atoms with Crippen LogP contribution in [-0.2, 0) is 43.4 Å². The van der Waals surface area contributed by atoms with Crippen molar-refractivity contribution in [3.8, 4) is 0 Å². The number of rotatable bonds is 10. The average molecular weight is 631 g/mol. The van der Waals surface area contributed by atoms with Gasteiger partial charge in [0, 0.05) is 18.7 Å². The molecule has 41 heavy (non-hydrogen) atoms. The molecule has 8 nitrogen and oxygen atoms in total. The highest BCUT2D eigenvalue weighted by Crippen LogP contribution is 2.36. The smallest absolute Gasteiger partial charge is 0.270 e. The van der Waals surface area contributed by atoms with Gasteiger partial charge in [0.05, 0.1) is 24.0 Å². The van der Waals surface area contributed by atoms with Gasteiger partial charge >= 0.3 is 22.6 Å². The molecule has 0 spiro atoms. The topological polar surface area (TPSA) is 110 Å². The first kappa shape index (κ1) is 32.8. The molecule has 0 aliphatic heterocycles. The fraction of sp³-hybridized carbons (Fsp3) is 0.480. The normalized spacial score (nSPS) is 18.8. The van der Waals surface area contributed by atoms with Crippen molar-refractivity contribution in [3.63, 3.8) is 0 Å². The van der Waals surface area contributed by atoms with E-state index < -0.39 is 55.3 Å². The fourth-order valence-corrected chi connectivity index (χ4v) is 6.10. The number of hydrogen-bond donors (Lipinski definition) is 1. The molecule has 1 amide bonds. The van der Waals surface area contributed by atoms with Crippen LogP contribution in [0.2, 0.25) is 0 Å². The van der Waals surface area contributed by atoms with Gasteiger partial charge in [-0.05, 0) is 61.3 Å². The molecule has 0 heterocycles. The van der Waals surface area contributed by atoms with Crippen LogP contribution in [0.3, 0.4) is 0 Å². The van der Waals surface area contributed by atoms with E-state index in [1.165, 1.54) is 0 Å². The number of halogens is 6. The molecule has 1 aliphatic rings. The maximum Gasteiger partial charge on any atom is 0.416 e. The van der Waals surface area contributed by atoms with Crippen LogP contribution in [0.15, 0.2) is 48.5 Å². The van der Waals surface area contributed by atoms with Gasteiger partial charge in [-0.2, -0.15) is 47.5 Å². The van der Waals surface area contributed by atoms with Crippen LogP contribution in [0.5, 0.6) is 0 Å². The first-order valence-corrected chi connectivity index (χ1v) is 15.6. The molecule has 16 heteroatoms. The molecule has 1 aliphatic carbocycles. The third-order valence-corrected chi connectivity index (χ3v) is 8.52. The van der Waals surface area contributed by atoms with Crippen LogP contribution in [0, 0.1) is 11.8 Å². The first-order chi connectivity index (χ1) is 18.8. The second kappa shape index (κ2) is 12.7. The lowest BCUT2D eigenvalue weighted by atomic mass is 9.82. The lowest BCUT2D eigenvalue weighted by Crippen LogP contribution is -2.45. The molecule has 0 bridgehead atoms. The molecule has 228 valence electrons. The van der Waals surface area contributed by atoms with Crippen molar-refractivity contribution in [1.82, 2.24) is 9.03 Å². The zero-order valence-electron chi connectivity index (χ0n) is 21.7. The lowest BCUT2D eigenvalue weighted by Gasteiger charge is -2.32. The van der Waals surface area contributed by atoms with Crippen LogP contribution < -0.4 is 4.72 Å². The molecular formula is C25H28F6N2O6S2. The summed E-state index contributed by atoms with van der Waals surface area (Å²) in [6.45, 7) is -0.338. The van der Waals surface area contributed by atoms with Gasteiger partial charge in [0.2, 0.25) is 0 Å². The number of alkyl halides is 6. The Balaban J connectivity index is 1.82. The standard InChI is InChI=1S/C25H28F6N2O6S2/c1-40(35,36)39-16-19-9-7-18(8-10-19)15-33(14-17-5-3-2-4-6-17)41(37,38)32-23(34)20-11-21(24(26,27)28)13-22(12-20)25(29,30)31/h2-6,11-13,18-19H,7-10,14-16H2,1H3,(H,32,34). The maximum absolute atomic E-state index is 13.3. The summed E-state index contributed by atoms with van der Waals surface area (Å²) >= 11 is 0. The summed E-state index contributed by atoms with van der Waals surface area (Å²) in [6.07, 6.45) is -7.45. The Morgan fingerprint density at radius 3 is 1.88 bits per heavy atom. The predicted octanol–water partition coefficient (Wildman–Crippen LogP) is 4.98. The van der Waals surface area contributed by atoms with Crippen LogP contribution >= 0.6 is 0 Å². The van der Waals surface area contributed by atoms with Gasteiger partial charge in [0.25, 0.3) is 16.0 Å². The summed E-state index contributed by atoms with van der Waals surface area (Å²) in [5.41, 5.74) is -4.11. The SMILES string of the molecule is CS(=O)(=O)OCC1CCC(CN(Cc2ccccc2)S(=O)(=O)NC(=O)c2cc(C(F)(F)F)cc(C(F)(F)F)c2)CC1. The minimum atomic E-state index is -5.22. The van der Waals surface area contributed by atoms with Crippen molar-refractivity contribution < 1.29 is 52.2 Å². The molecule has 1 N–H and O–H groups in total.